The summed E-state index contributed by atoms with van der Waals surface area (Å²) in [4.78, 5) is 15.4. The first-order valence-electron chi connectivity index (χ1n) is 4.47. The van der Waals surface area contributed by atoms with Crippen LogP contribution in [0, 0.1) is 0 Å². The van der Waals surface area contributed by atoms with E-state index in [4.69, 9.17) is 4.74 Å². The van der Waals surface area contributed by atoms with Gasteiger partial charge in [0.1, 0.15) is 5.82 Å². The molecule has 5 nitrogen and oxygen atoms in total. The Kier molecular flexibility index (Phi) is 2.32. The molecule has 2 aliphatic heterocycles. The number of hydrogen-bond donors (Lipinski definition) is 1. The first kappa shape index (κ1) is 8.96. The molecule has 74 valence electrons. The number of carbonyl (C=O) groups excluding carboxylic acids is 1. The fourth-order valence-corrected chi connectivity index (χ4v) is 1.27. The van der Waals surface area contributed by atoms with Gasteiger partial charge < -0.3 is 4.74 Å². The summed E-state index contributed by atoms with van der Waals surface area (Å²) in [5.74, 6) is 0.474. The lowest BCUT2D eigenvalue weighted by molar-refractivity contribution is -0.137. The molecule has 14 heavy (non-hydrogen) atoms. The zero-order valence-electron chi connectivity index (χ0n) is 7.86. The van der Waals surface area contributed by atoms with Gasteiger partial charge in [-0.25, -0.2) is 15.2 Å². The van der Waals surface area contributed by atoms with Gasteiger partial charge in [0.2, 0.25) is 0 Å². The van der Waals surface area contributed by atoms with E-state index in [0.29, 0.717) is 12.2 Å². The van der Waals surface area contributed by atoms with Gasteiger partial charge in [0.05, 0.1) is 12.2 Å². The molecular formula is C9H11N3O2. The number of nitrogens with one attached hydrogen (secondary N) is 1. The van der Waals surface area contributed by atoms with Crippen molar-refractivity contribution in [2.75, 3.05) is 13.2 Å². The van der Waals surface area contributed by atoms with E-state index in [9.17, 15) is 4.79 Å². The summed E-state index contributed by atoms with van der Waals surface area (Å²) < 4.78 is 4.86. The third-order valence-corrected chi connectivity index (χ3v) is 1.91. The molecule has 0 spiro atoms. The van der Waals surface area contributed by atoms with Crippen LogP contribution in [0.5, 0.6) is 0 Å². The van der Waals surface area contributed by atoms with Crippen LogP contribution in [0.1, 0.15) is 6.92 Å². The van der Waals surface area contributed by atoms with Crippen molar-refractivity contribution in [3.8, 4) is 0 Å². The molecule has 0 radical (unpaired) electrons. The number of ether oxygens (including phenoxy) is 1. The fourth-order valence-electron chi connectivity index (χ4n) is 1.27. The van der Waals surface area contributed by atoms with Crippen LogP contribution in [-0.4, -0.2) is 30.3 Å². The van der Waals surface area contributed by atoms with Crippen molar-refractivity contribution in [3.63, 3.8) is 0 Å². The number of nitrogens with zero attached hydrogens (tertiary/aromatic N) is 2. The Bertz CT molecular complexity index is 344. The molecular weight excluding hydrogens is 182 g/mol. The van der Waals surface area contributed by atoms with Crippen LogP contribution in [0.4, 0.5) is 0 Å². The molecule has 5 heteroatoms. The molecule has 0 unspecified atom stereocenters. The summed E-state index contributed by atoms with van der Waals surface area (Å²) in [5.41, 5.74) is 3.49. The molecule has 0 saturated heterocycles. The molecule has 2 heterocycles. The Balaban J connectivity index is 2.12. The third kappa shape index (κ3) is 1.54. The molecule has 0 aromatic rings. The van der Waals surface area contributed by atoms with Crippen molar-refractivity contribution in [2.24, 2.45) is 4.99 Å². The van der Waals surface area contributed by atoms with Crippen molar-refractivity contribution in [1.82, 2.24) is 10.4 Å². The summed E-state index contributed by atoms with van der Waals surface area (Å²) in [5, 5.41) is 1.71. The van der Waals surface area contributed by atoms with Gasteiger partial charge in [0.15, 0.2) is 0 Å². The zero-order valence-corrected chi connectivity index (χ0v) is 7.86. The van der Waals surface area contributed by atoms with Gasteiger partial charge in [-0.3, -0.25) is 5.01 Å². The summed E-state index contributed by atoms with van der Waals surface area (Å²) in [6.07, 6.45) is 5.14. The Hall–Kier alpha value is -1.62. The van der Waals surface area contributed by atoms with Crippen LogP contribution in [-0.2, 0) is 9.53 Å². The Labute approximate surface area is 81.7 Å². The van der Waals surface area contributed by atoms with Crippen LogP contribution >= 0.6 is 0 Å². The SMILES string of the molecule is CCOC(=O)C1=CN2NCC=C2N=C1. The summed E-state index contributed by atoms with van der Waals surface area (Å²) in [6.45, 7) is 2.89. The summed E-state index contributed by atoms with van der Waals surface area (Å²) in [6, 6.07) is 0. The molecule has 0 aromatic heterocycles. The molecule has 0 saturated carbocycles. The van der Waals surface area contributed by atoms with E-state index in [1.165, 1.54) is 6.21 Å². The number of hydrogen-bond acceptors (Lipinski definition) is 5. The fraction of sp³-hybridized carbons (Fsp3) is 0.333. The van der Waals surface area contributed by atoms with Gasteiger partial charge in [-0.05, 0) is 13.0 Å². The highest BCUT2D eigenvalue weighted by molar-refractivity contribution is 6.10. The highest BCUT2D eigenvalue weighted by atomic mass is 16.5. The maximum absolute atomic E-state index is 11.3. The van der Waals surface area contributed by atoms with Crippen molar-refractivity contribution in [3.05, 3.63) is 23.7 Å². The van der Waals surface area contributed by atoms with E-state index in [2.05, 4.69) is 10.4 Å². The molecule has 0 aliphatic carbocycles. The topological polar surface area (TPSA) is 53.9 Å². The smallest absolute Gasteiger partial charge is 0.341 e. The number of esters is 1. The largest absolute Gasteiger partial charge is 0.462 e. The lowest BCUT2D eigenvalue weighted by Crippen LogP contribution is -2.29. The first-order chi connectivity index (χ1) is 6.81. The van der Waals surface area contributed by atoms with Crippen LogP contribution in [0.25, 0.3) is 0 Å². The summed E-state index contributed by atoms with van der Waals surface area (Å²) >= 11 is 0. The maximum Gasteiger partial charge on any atom is 0.341 e. The molecule has 0 amide bonds. The standard InChI is InChI=1S/C9H11N3O2/c1-2-14-9(13)7-5-10-8-3-4-11-12(8)6-7/h3,5-6,11H,2,4H2,1H3. The van der Waals surface area contributed by atoms with Crippen molar-refractivity contribution >= 4 is 12.2 Å². The minimum atomic E-state index is -0.344. The number of aliphatic imine (C=N–C) groups is 1. The number of carbonyl (C=O) groups is 1. The van der Waals surface area contributed by atoms with E-state index in [1.54, 1.807) is 18.1 Å². The first-order valence-corrected chi connectivity index (χ1v) is 4.47. The maximum atomic E-state index is 11.3. The molecule has 0 fully saturated rings. The van der Waals surface area contributed by atoms with Gasteiger partial charge in [0.25, 0.3) is 0 Å². The van der Waals surface area contributed by atoms with Gasteiger partial charge in [-0.1, -0.05) is 0 Å². The molecule has 0 bridgehead atoms. The van der Waals surface area contributed by atoms with Gasteiger partial charge >= 0.3 is 5.97 Å². The molecule has 2 rings (SSSR count). The van der Waals surface area contributed by atoms with Crippen molar-refractivity contribution < 1.29 is 9.53 Å². The van der Waals surface area contributed by atoms with Gasteiger partial charge in [-0.2, -0.15) is 0 Å². The minimum absolute atomic E-state index is 0.344. The van der Waals surface area contributed by atoms with Crippen molar-refractivity contribution in [2.45, 2.75) is 6.92 Å². The van der Waals surface area contributed by atoms with E-state index in [1.807, 2.05) is 6.08 Å². The highest BCUT2D eigenvalue weighted by Gasteiger charge is 2.19. The van der Waals surface area contributed by atoms with Gasteiger partial charge in [-0.15, -0.1) is 0 Å². The monoisotopic (exact) mass is 193 g/mol. The number of hydrazine groups is 1. The second-order valence-electron chi connectivity index (χ2n) is 2.86. The van der Waals surface area contributed by atoms with Crippen LogP contribution in [0.2, 0.25) is 0 Å². The Morgan fingerprint density at radius 3 is 3.43 bits per heavy atom. The molecule has 0 atom stereocenters. The van der Waals surface area contributed by atoms with E-state index in [0.717, 1.165) is 12.4 Å². The van der Waals surface area contributed by atoms with E-state index in [-0.39, 0.29) is 5.97 Å². The Morgan fingerprint density at radius 1 is 1.79 bits per heavy atom. The molecule has 0 aromatic carbocycles. The average Bonchev–Trinajstić information content (AvgIpc) is 2.64. The minimum Gasteiger partial charge on any atom is -0.462 e. The normalized spacial score (nSPS) is 18.8. The number of rotatable bonds is 2. The average molecular weight is 193 g/mol. The summed E-state index contributed by atoms with van der Waals surface area (Å²) in [7, 11) is 0. The second-order valence-corrected chi connectivity index (χ2v) is 2.86. The highest BCUT2D eigenvalue weighted by Crippen LogP contribution is 2.15. The third-order valence-electron chi connectivity index (χ3n) is 1.91. The van der Waals surface area contributed by atoms with Crippen LogP contribution < -0.4 is 5.43 Å². The number of fused-ring (bicyclic) bond motifs is 1. The quantitative estimate of drug-likeness (QED) is 0.635. The van der Waals surface area contributed by atoms with Gasteiger partial charge in [0, 0.05) is 19.0 Å². The van der Waals surface area contributed by atoms with E-state index >= 15 is 0 Å². The Morgan fingerprint density at radius 2 is 2.64 bits per heavy atom. The molecule has 1 N–H and O–H groups in total. The zero-order chi connectivity index (χ0) is 9.97. The van der Waals surface area contributed by atoms with Crippen LogP contribution in [0.15, 0.2) is 28.7 Å². The van der Waals surface area contributed by atoms with Crippen molar-refractivity contribution in [1.29, 1.82) is 0 Å². The van der Waals surface area contributed by atoms with E-state index < -0.39 is 0 Å². The second kappa shape index (κ2) is 3.63. The molecule has 2 aliphatic rings. The predicted octanol–water partition coefficient (Wildman–Crippen LogP) is 0.179. The lowest BCUT2D eigenvalue weighted by atomic mass is 10.3. The van der Waals surface area contributed by atoms with Crippen LogP contribution in [0.3, 0.4) is 0 Å². The lowest BCUT2D eigenvalue weighted by Gasteiger charge is -2.18. The predicted molar refractivity (Wildman–Crippen MR) is 51.1 cm³/mol.